The monoisotopic (exact) mass is 334 g/mol. The molecule has 1 amide bonds. The second kappa shape index (κ2) is 7.85. The molecule has 0 atom stereocenters. The van der Waals surface area contributed by atoms with Gasteiger partial charge >= 0.3 is 0 Å². The summed E-state index contributed by atoms with van der Waals surface area (Å²) in [7, 11) is 0. The van der Waals surface area contributed by atoms with Crippen LogP contribution < -0.4 is 10.1 Å². The van der Waals surface area contributed by atoms with Crippen molar-refractivity contribution in [2.75, 3.05) is 6.61 Å². The highest BCUT2D eigenvalue weighted by Gasteiger charge is 2.19. The summed E-state index contributed by atoms with van der Waals surface area (Å²) in [5.41, 5.74) is 0.985. The summed E-state index contributed by atoms with van der Waals surface area (Å²) in [6.07, 6.45) is 5.94. The predicted molar refractivity (Wildman–Crippen MR) is 99.1 cm³/mol. The number of fused-ring (bicyclic) bond motifs is 1. The van der Waals surface area contributed by atoms with Crippen LogP contribution in [0.1, 0.15) is 38.2 Å². The van der Waals surface area contributed by atoms with E-state index in [0.717, 1.165) is 47.8 Å². The second-order valence-electron chi connectivity index (χ2n) is 6.26. The molecule has 1 N–H and O–H groups in total. The smallest absolute Gasteiger partial charge is 0.262 e. The topological polar surface area (TPSA) is 62.1 Å². The van der Waals surface area contributed by atoms with E-state index in [4.69, 9.17) is 4.74 Å². The third-order valence-electron chi connectivity index (χ3n) is 4.57. The number of ether oxygens (including phenoxy) is 1. The van der Waals surface area contributed by atoms with E-state index < -0.39 is 0 Å². The molecule has 4 heteroatoms. The molecule has 1 fully saturated rings. The van der Waals surface area contributed by atoms with Crippen molar-refractivity contribution in [2.45, 2.75) is 38.6 Å². The van der Waals surface area contributed by atoms with Gasteiger partial charge in [-0.1, -0.05) is 43.2 Å². The molecule has 0 unspecified atom stereocenters. The van der Waals surface area contributed by atoms with E-state index >= 15 is 0 Å². The van der Waals surface area contributed by atoms with Crippen LogP contribution in [0.2, 0.25) is 0 Å². The van der Waals surface area contributed by atoms with Gasteiger partial charge in [0.25, 0.3) is 5.91 Å². The Kier molecular flexibility index (Phi) is 5.35. The van der Waals surface area contributed by atoms with Gasteiger partial charge in [0, 0.05) is 11.4 Å². The predicted octanol–water partition coefficient (Wildman–Crippen LogP) is 4.20. The maximum atomic E-state index is 12.4. The molecule has 2 aromatic carbocycles. The summed E-state index contributed by atoms with van der Waals surface area (Å²) in [5, 5.41) is 14.4. The van der Waals surface area contributed by atoms with Gasteiger partial charge in [-0.15, -0.1) is 0 Å². The van der Waals surface area contributed by atoms with E-state index in [1.807, 2.05) is 49.4 Å². The van der Waals surface area contributed by atoms with Crippen LogP contribution in [0.25, 0.3) is 16.8 Å². The number of nitriles is 1. The van der Waals surface area contributed by atoms with Crippen molar-refractivity contribution in [1.29, 1.82) is 5.26 Å². The first kappa shape index (κ1) is 17.0. The van der Waals surface area contributed by atoms with E-state index in [0.29, 0.717) is 6.61 Å². The Hall–Kier alpha value is -2.80. The Balaban J connectivity index is 1.94. The number of rotatable bonds is 5. The van der Waals surface area contributed by atoms with Crippen molar-refractivity contribution < 1.29 is 9.53 Å². The molecule has 128 valence electrons. The van der Waals surface area contributed by atoms with Gasteiger partial charge in [0.15, 0.2) is 0 Å². The van der Waals surface area contributed by atoms with Crippen molar-refractivity contribution >= 4 is 22.8 Å². The molecular weight excluding hydrogens is 312 g/mol. The molecule has 1 aliphatic carbocycles. The fourth-order valence-corrected chi connectivity index (χ4v) is 3.34. The minimum atomic E-state index is -0.285. The van der Waals surface area contributed by atoms with Crippen LogP contribution >= 0.6 is 0 Å². The molecule has 0 aliphatic heterocycles. The average Bonchev–Trinajstić information content (AvgIpc) is 3.14. The van der Waals surface area contributed by atoms with Gasteiger partial charge in [-0.05, 0) is 42.9 Å². The zero-order valence-corrected chi connectivity index (χ0v) is 14.4. The quantitative estimate of drug-likeness (QED) is 0.658. The zero-order chi connectivity index (χ0) is 17.6. The molecule has 0 radical (unpaired) electrons. The van der Waals surface area contributed by atoms with Crippen molar-refractivity contribution in [3.05, 3.63) is 47.5 Å². The lowest BCUT2D eigenvalue weighted by Crippen LogP contribution is -2.33. The first-order valence-electron chi connectivity index (χ1n) is 8.80. The molecule has 0 saturated heterocycles. The standard InChI is InChI=1S/C21H22N2O2/c1-2-25-20-12-11-15(18-9-5-6-10-19(18)20)13-16(14-22)21(24)23-17-7-3-4-8-17/h5-6,9-13,17H,2-4,7-8H2,1H3,(H,23,24)/b16-13-. The number of hydrogen-bond donors (Lipinski definition) is 1. The van der Waals surface area contributed by atoms with Crippen LogP contribution in [-0.4, -0.2) is 18.6 Å². The van der Waals surface area contributed by atoms with Crippen LogP contribution in [0.5, 0.6) is 5.75 Å². The summed E-state index contributed by atoms with van der Waals surface area (Å²) in [5.74, 6) is 0.525. The maximum absolute atomic E-state index is 12.4. The number of nitrogens with zero attached hydrogens (tertiary/aromatic N) is 1. The fraction of sp³-hybridized carbons (Fsp3) is 0.333. The van der Waals surface area contributed by atoms with E-state index in [-0.39, 0.29) is 17.5 Å². The normalized spacial score (nSPS) is 15.1. The Morgan fingerprint density at radius 2 is 1.96 bits per heavy atom. The number of benzene rings is 2. The second-order valence-corrected chi connectivity index (χ2v) is 6.26. The molecule has 0 bridgehead atoms. The van der Waals surface area contributed by atoms with Crippen molar-refractivity contribution in [3.63, 3.8) is 0 Å². The van der Waals surface area contributed by atoms with Crippen molar-refractivity contribution in [2.24, 2.45) is 0 Å². The van der Waals surface area contributed by atoms with E-state index in [9.17, 15) is 10.1 Å². The molecule has 0 aromatic heterocycles. The fourth-order valence-electron chi connectivity index (χ4n) is 3.34. The Bertz CT molecular complexity index is 843. The third kappa shape index (κ3) is 3.83. The highest BCUT2D eigenvalue weighted by Crippen LogP contribution is 2.30. The van der Waals surface area contributed by atoms with Gasteiger partial charge < -0.3 is 10.1 Å². The van der Waals surface area contributed by atoms with Gasteiger partial charge in [-0.3, -0.25) is 4.79 Å². The van der Waals surface area contributed by atoms with E-state index in [1.165, 1.54) is 0 Å². The number of carbonyl (C=O) groups excluding carboxylic acids is 1. The summed E-state index contributed by atoms with van der Waals surface area (Å²) < 4.78 is 5.68. The van der Waals surface area contributed by atoms with Crippen LogP contribution in [0.3, 0.4) is 0 Å². The van der Waals surface area contributed by atoms with Gasteiger partial charge in [-0.2, -0.15) is 5.26 Å². The summed E-state index contributed by atoms with van der Waals surface area (Å²) in [4.78, 5) is 12.4. The lowest BCUT2D eigenvalue weighted by molar-refractivity contribution is -0.117. The largest absolute Gasteiger partial charge is 0.493 e. The SMILES string of the molecule is CCOc1ccc(/C=C(/C#N)C(=O)NC2CCCC2)c2ccccc12. The third-order valence-corrected chi connectivity index (χ3v) is 4.57. The van der Waals surface area contributed by atoms with Crippen LogP contribution in [0.15, 0.2) is 42.0 Å². The number of hydrogen-bond acceptors (Lipinski definition) is 3. The number of nitrogens with one attached hydrogen (secondary N) is 1. The van der Waals surface area contributed by atoms with Crippen molar-refractivity contribution in [3.8, 4) is 11.8 Å². The van der Waals surface area contributed by atoms with Gasteiger partial charge in [-0.25, -0.2) is 0 Å². The van der Waals surface area contributed by atoms with Crippen LogP contribution in [0, 0.1) is 11.3 Å². The minimum Gasteiger partial charge on any atom is -0.493 e. The first-order valence-corrected chi connectivity index (χ1v) is 8.80. The molecule has 0 spiro atoms. The zero-order valence-electron chi connectivity index (χ0n) is 14.4. The lowest BCUT2D eigenvalue weighted by Gasteiger charge is -2.12. The molecule has 25 heavy (non-hydrogen) atoms. The van der Waals surface area contributed by atoms with Crippen LogP contribution in [0.4, 0.5) is 0 Å². The molecule has 2 aromatic rings. The van der Waals surface area contributed by atoms with Crippen LogP contribution in [-0.2, 0) is 4.79 Å². The highest BCUT2D eigenvalue weighted by atomic mass is 16.5. The number of amides is 1. The number of carbonyl (C=O) groups is 1. The molecule has 4 nitrogen and oxygen atoms in total. The van der Waals surface area contributed by atoms with Gasteiger partial charge in [0.1, 0.15) is 17.4 Å². The Labute approximate surface area is 148 Å². The Morgan fingerprint density at radius 1 is 1.24 bits per heavy atom. The van der Waals surface area contributed by atoms with E-state index in [2.05, 4.69) is 5.32 Å². The maximum Gasteiger partial charge on any atom is 0.262 e. The summed E-state index contributed by atoms with van der Waals surface area (Å²) >= 11 is 0. The lowest BCUT2D eigenvalue weighted by atomic mass is 10.0. The average molecular weight is 334 g/mol. The molecular formula is C21H22N2O2. The van der Waals surface area contributed by atoms with Gasteiger partial charge in [0.05, 0.1) is 6.61 Å². The van der Waals surface area contributed by atoms with Crippen molar-refractivity contribution in [1.82, 2.24) is 5.32 Å². The highest BCUT2D eigenvalue weighted by molar-refractivity contribution is 6.04. The minimum absolute atomic E-state index is 0.140. The first-order chi connectivity index (χ1) is 12.2. The van der Waals surface area contributed by atoms with Gasteiger partial charge in [0.2, 0.25) is 0 Å². The summed E-state index contributed by atoms with van der Waals surface area (Å²) in [6, 6.07) is 13.9. The molecule has 1 aliphatic rings. The molecule has 1 saturated carbocycles. The van der Waals surface area contributed by atoms with E-state index in [1.54, 1.807) is 6.08 Å². The molecule has 3 rings (SSSR count). The summed E-state index contributed by atoms with van der Waals surface area (Å²) in [6.45, 7) is 2.54. The molecule has 0 heterocycles. The Morgan fingerprint density at radius 3 is 2.64 bits per heavy atom.